The molecule has 3 N–H and O–H groups in total. The Morgan fingerprint density at radius 3 is 2.72 bits per heavy atom. The van der Waals surface area contributed by atoms with Gasteiger partial charge in [-0.15, -0.1) is 0 Å². The van der Waals surface area contributed by atoms with E-state index in [0.29, 0.717) is 16.6 Å². The van der Waals surface area contributed by atoms with Gasteiger partial charge in [0.15, 0.2) is 22.6 Å². The van der Waals surface area contributed by atoms with Gasteiger partial charge in [-0.25, -0.2) is 23.7 Å². The quantitative estimate of drug-likeness (QED) is 0.427. The lowest BCUT2D eigenvalue weighted by molar-refractivity contribution is -0.118. The third-order valence-corrected chi connectivity index (χ3v) is 6.07. The van der Waals surface area contributed by atoms with E-state index < -0.39 is 16.4 Å². The summed E-state index contributed by atoms with van der Waals surface area (Å²) in [4.78, 5) is 28.5. The molecule has 1 atom stereocenters. The lowest BCUT2D eigenvalue weighted by Crippen LogP contribution is -2.35. The standard InChI is InChI=1S/C21H19F2N7OS/c1-11(31)21(2,32-20(25)26-3)7-13-5-14(6-15(22)17(13)23)30-19-18-16(28-10-29-19)4-12(8-24)9-27-18/h4-6,9-10H,7H2,1-3H3,(H2,25,26)(H,28,29,30)/t21-/m1/s1. The molecule has 164 valence electrons. The summed E-state index contributed by atoms with van der Waals surface area (Å²) in [5, 5.41) is 12.1. The first kappa shape index (κ1) is 23.0. The number of aliphatic imine (C=N–C) groups is 1. The summed E-state index contributed by atoms with van der Waals surface area (Å²) in [5.74, 6) is -2.15. The molecule has 8 nitrogen and oxygen atoms in total. The van der Waals surface area contributed by atoms with Crippen molar-refractivity contribution in [3.8, 4) is 6.07 Å². The number of benzene rings is 1. The van der Waals surface area contributed by atoms with Crippen LogP contribution in [-0.2, 0) is 11.2 Å². The molecule has 0 aliphatic carbocycles. The molecule has 32 heavy (non-hydrogen) atoms. The van der Waals surface area contributed by atoms with Gasteiger partial charge in [0, 0.05) is 25.0 Å². The van der Waals surface area contributed by atoms with Crippen LogP contribution in [0.5, 0.6) is 0 Å². The number of fused-ring (bicyclic) bond motifs is 1. The number of aromatic nitrogens is 3. The van der Waals surface area contributed by atoms with Crippen LogP contribution >= 0.6 is 11.8 Å². The number of thioether (sulfide) groups is 1. The molecule has 0 aliphatic heterocycles. The lowest BCUT2D eigenvalue weighted by Gasteiger charge is -2.26. The fourth-order valence-electron chi connectivity index (χ4n) is 2.95. The zero-order valence-electron chi connectivity index (χ0n) is 17.5. The predicted molar refractivity (Wildman–Crippen MR) is 120 cm³/mol. The maximum atomic E-state index is 14.6. The molecule has 3 aromatic rings. The van der Waals surface area contributed by atoms with Gasteiger partial charge in [-0.1, -0.05) is 11.8 Å². The molecule has 0 unspecified atom stereocenters. The van der Waals surface area contributed by atoms with Crippen LogP contribution in [0.4, 0.5) is 20.3 Å². The van der Waals surface area contributed by atoms with Crippen molar-refractivity contribution in [1.82, 2.24) is 15.0 Å². The van der Waals surface area contributed by atoms with Crippen LogP contribution in [0.1, 0.15) is 25.0 Å². The SMILES string of the molecule is C/N=C(/N)S[C@](C)(Cc1cc(Nc2ncnc3cc(C#N)cnc23)cc(F)c1F)C(C)=O. The molecule has 0 bridgehead atoms. The van der Waals surface area contributed by atoms with Gasteiger partial charge in [0.05, 0.1) is 15.8 Å². The van der Waals surface area contributed by atoms with Gasteiger partial charge < -0.3 is 11.1 Å². The number of nitrogens with zero attached hydrogens (tertiary/aromatic N) is 5. The Hall–Kier alpha value is -3.65. The predicted octanol–water partition coefficient (Wildman–Crippen LogP) is 3.49. The zero-order valence-corrected chi connectivity index (χ0v) is 18.3. The van der Waals surface area contributed by atoms with E-state index in [9.17, 15) is 13.6 Å². The van der Waals surface area contributed by atoms with Crippen LogP contribution in [0, 0.1) is 23.0 Å². The molecule has 0 amide bonds. The van der Waals surface area contributed by atoms with Gasteiger partial charge in [-0.05, 0) is 38.0 Å². The second-order valence-electron chi connectivity index (χ2n) is 7.11. The number of nitrogens with one attached hydrogen (secondary N) is 1. The molecule has 2 heterocycles. The average Bonchev–Trinajstić information content (AvgIpc) is 2.76. The summed E-state index contributed by atoms with van der Waals surface area (Å²) < 4.78 is 27.9. The summed E-state index contributed by atoms with van der Waals surface area (Å²) in [6, 6.07) is 5.90. The number of halogens is 2. The van der Waals surface area contributed by atoms with E-state index in [1.165, 1.54) is 32.6 Å². The number of hydrogen-bond acceptors (Lipinski definition) is 8. The Morgan fingerprint density at radius 1 is 1.31 bits per heavy atom. The van der Waals surface area contributed by atoms with Gasteiger partial charge in [-0.3, -0.25) is 9.79 Å². The molecule has 3 rings (SSSR count). The van der Waals surface area contributed by atoms with Crippen LogP contribution in [0.25, 0.3) is 11.0 Å². The third kappa shape index (κ3) is 4.81. The fourth-order valence-corrected chi connectivity index (χ4v) is 3.88. The van der Waals surface area contributed by atoms with Gasteiger partial charge in [0.2, 0.25) is 0 Å². The molecule has 0 aliphatic rings. The lowest BCUT2D eigenvalue weighted by atomic mass is 9.96. The highest BCUT2D eigenvalue weighted by molar-refractivity contribution is 8.15. The van der Waals surface area contributed by atoms with Crippen molar-refractivity contribution in [2.45, 2.75) is 25.0 Å². The van der Waals surface area contributed by atoms with Crippen molar-refractivity contribution in [1.29, 1.82) is 5.26 Å². The average molecular weight is 455 g/mol. The number of rotatable bonds is 6. The maximum absolute atomic E-state index is 14.6. The highest BCUT2D eigenvalue weighted by Gasteiger charge is 2.34. The first-order valence-corrected chi connectivity index (χ1v) is 10.2. The maximum Gasteiger partial charge on any atom is 0.162 e. The van der Waals surface area contributed by atoms with Crippen molar-refractivity contribution in [3.05, 3.63) is 53.5 Å². The van der Waals surface area contributed by atoms with Crippen LogP contribution in [0.3, 0.4) is 0 Å². The number of carbonyl (C=O) groups is 1. The van der Waals surface area contributed by atoms with Gasteiger partial charge >= 0.3 is 0 Å². The van der Waals surface area contributed by atoms with E-state index in [1.807, 2.05) is 6.07 Å². The number of anilines is 2. The van der Waals surface area contributed by atoms with E-state index in [0.717, 1.165) is 17.8 Å². The second kappa shape index (κ2) is 9.23. The molecule has 0 saturated heterocycles. The van der Waals surface area contributed by atoms with E-state index in [4.69, 9.17) is 11.0 Å². The minimum atomic E-state index is -1.15. The monoisotopic (exact) mass is 455 g/mol. The minimum absolute atomic E-state index is 0.0142. The Kier molecular flexibility index (Phi) is 6.64. The molecule has 0 saturated carbocycles. The highest BCUT2D eigenvalue weighted by Crippen LogP contribution is 2.33. The number of nitrogens with two attached hydrogens (primary N) is 1. The number of ketones is 1. The normalized spacial score (nSPS) is 13.4. The van der Waals surface area contributed by atoms with Crippen LogP contribution in [0.15, 0.2) is 35.7 Å². The van der Waals surface area contributed by atoms with E-state index in [2.05, 4.69) is 25.3 Å². The Labute approximate surface area is 187 Å². The van der Waals surface area contributed by atoms with Crippen molar-refractivity contribution in [3.63, 3.8) is 0 Å². The fraction of sp³-hybridized carbons (Fsp3) is 0.238. The Balaban J connectivity index is 2.00. The number of amidine groups is 1. The third-order valence-electron chi connectivity index (χ3n) is 4.79. The highest BCUT2D eigenvalue weighted by atomic mass is 32.2. The van der Waals surface area contributed by atoms with Crippen molar-refractivity contribution in [2.75, 3.05) is 12.4 Å². The van der Waals surface area contributed by atoms with Crippen LogP contribution in [0.2, 0.25) is 0 Å². The molecule has 2 aromatic heterocycles. The Bertz CT molecular complexity index is 1270. The summed E-state index contributed by atoms with van der Waals surface area (Å²) in [7, 11) is 1.48. The number of hydrogen-bond donors (Lipinski definition) is 2. The molecular weight excluding hydrogens is 436 g/mol. The minimum Gasteiger partial charge on any atom is -0.379 e. The first-order valence-electron chi connectivity index (χ1n) is 9.35. The van der Waals surface area contributed by atoms with Crippen molar-refractivity contribution >= 4 is 45.3 Å². The summed E-state index contributed by atoms with van der Waals surface area (Å²) >= 11 is 0.991. The Morgan fingerprint density at radius 2 is 2.06 bits per heavy atom. The number of Topliss-reactive ketones (excluding diaryl/α,β-unsaturated/α-hetero) is 1. The molecule has 11 heteroatoms. The summed E-state index contributed by atoms with van der Waals surface area (Å²) in [6.45, 7) is 2.96. The number of pyridine rings is 1. The molecule has 1 aromatic carbocycles. The van der Waals surface area contributed by atoms with E-state index in [-0.39, 0.29) is 34.4 Å². The van der Waals surface area contributed by atoms with E-state index >= 15 is 0 Å². The largest absolute Gasteiger partial charge is 0.379 e. The molecule has 0 fully saturated rings. The molecule has 0 spiro atoms. The zero-order chi connectivity index (χ0) is 23.5. The van der Waals surface area contributed by atoms with Gasteiger partial charge in [0.25, 0.3) is 0 Å². The smallest absolute Gasteiger partial charge is 0.162 e. The second-order valence-corrected chi connectivity index (χ2v) is 8.63. The molecule has 0 radical (unpaired) electrons. The molecular formula is C21H19F2N7OS. The summed E-state index contributed by atoms with van der Waals surface area (Å²) in [6.07, 6.45) is 2.52. The van der Waals surface area contributed by atoms with Crippen molar-refractivity contribution in [2.24, 2.45) is 10.7 Å². The van der Waals surface area contributed by atoms with Crippen molar-refractivity contribution < 1.29 is 13.6 Å². The van der Waals surface area contributed by atoms with Crippen LogP contribution < -0.4 is 11.1 Å². The van der Waals surface area contributed by atoms with Gasteiger partial charge in [-0.2, -0.15) is 5.26 Å². The number of carbonyl (C=O) groups excluding carboxylic acids is 1. The summed E-state index contributed by atoms with van der Waals surface area (Å²) in [5.41, 5.74) is 7.05. The first-order chi connectivity index (χ1) is 15.2. The van der Waals surface area contributed by atoms with Crippen LogP contribution in [-0.4, -0.2) is 37.7 Å². The van der Waals surface area contributed by atoms with Gasteiger partial charge in [0.1, 0.15) is 23.7 Å². The topological polar surface area (TPSA) is 130 Å². The van der Waals surface area contributed by atoms with E-state index in [1.54, 1.807) is 13.0 Å². The number of nitriles is 1.